The van der Waals surface area contributed by atoms with Crippen molar-refractivity contribution in [2.75, 3.05) is 0 Å². The Bertz CT molecular complexity index is 855. The normalized spacial score (nSPS) is 11.1. The summed E-state index contributed by atoms with van der Waals surface area (Å²) in [5, 5.41) is 30.9. The van der Waals surface area contributed by atoms with E-state index in [1.165, 1.54) is 29.2 Å². The Labute approximate surface area is 130 Å². The molecule has 2 aromatic carbocycles. The number of hydrazone groups is 1. The lowest BCUT2D eigenvalue weighted by atomic mass is 10.2. The molecule has 0 unspecified atom stereocenters. The molecule has 0 bridgehead atoms. The van der Waals surface area contributed by atoms with Gasteiger partial charge in [0.25, 0.3) is 5.91 Å². The topological polar surface area (TPSA) is 113 Å². The van der Waals surface area contributed by atoms with Crippen molar-refractivity contribution in [3.63, 3.8) is 0 Å². The zero-order valence-electron chi connectivity index (χ0n) is 11.9. The first-order valence-corrected chi connectivity index (χ1v) is 6.75. The number of phenols is 2. The minimum atomic E-state index is -0.403. The average molecular weight is 311 g/mol. The summed E-state index contributed by atoms with van der Waals surface area (Å²) in [6.07, 6.45) is 1.28. The number of nitrogens with one attached hydrogen (secondary N) is 1. The fourth-order valence-corrected chi connectivity index (χ4v) is 1.95. The van der Waals surface area contributed by atoms with Crippen LogP contribution in [0, 0.1) is 0 Å². The number of carbonyl (C=O) groups excluding carboxylic acids is 1. The Morgan fingerprint density at radius 1 is 1.17 bits per heavy atom. The predicted molar refractivity (Wildman–Crippen MR) is 83.0 cm³/mol. The summed E-state index contributed by atoms with van der Waals surface area (Å²) in [7, 11) is 0. The second-order valence-electron chi connectivity index (χ2n) is 4.76. The highest BCUT2D eigenvalue weighted by Crippen LogP contribution is 2.20. The highest BCUT2D eigenvalue weighted by Gasteiger charge is 2.06. The number of fused-ring (bicyclic) bond motifs is 1. The van der Waals surface area contributed by atoms with Crippen molar-refractivity contribution in [1.29, 1.82) is 0 Å². The van der Waals surface area contributed by atoms with Crippen molar-refractivity contribution >= 4 is 23.2 Å². The number of hydrogen-bond acceptors (Lipinski definition) is 6. The van der Waals surface area contributed by atoms with Gasteiger partial charge in [-0.2, -0.15) is 20.1 Å². The minimum Gasteiger partial charge on any atom is -0.508 e. The fourth-order valence-electron chi connectivity index (χ4n) is 1.95. The molecule has 3 aromatic rings. The third kappa shape index (κ3) is 3.43. The third-order valence-corrected chi connectivity index (χ3v) is 3.02. The number of rotatable bonds is 4. The van der Waals surface area contributed by atoms with Crippen LogP contribution < -0.4 is 5.43 Å². The van der Waals surface area contributed by atoms with Crippen molar-refractivity contribution in [3.05, 3.63) is 48.0 Å². The van der Waals surface area contributed by atoms with Crippen molar-refractivity contribution in [2.24, 2.45) is 5.10 Å². The maximum atomic E-state index is 11.8. The highest BCUT2D eigenvalue weighted by molar-refractivity contribution is 5.85. The van der Waals surface area contributed by atoms with Crippen molar-refractivity contribution in [2.45, 2.75) is 6.54 Å². The molecule has 8 heteroatoms. The van der Waals surface area contributed by atoms with E-state index in [0.717, 1.165) is 0 Å². The van der Waals surface area contributed by atoms with E-state index in [2.05, 4.69) is 20.7 Å². The maximum Gasteiger partial charge on any atom is 0.263 e. The van der Waals surface area contributed by atoms with Gasteiger partial charge in [0.1, 0.15) is 29.1 Å². The van der Waals surface area contributed by atoms with E-state index < -0.39 is 5.91 Å². The molecule has 1 heterocycles. The van der Waals surface area contributed by atoms with Gasteiger partial charge in [-0.3, -0.25) is 4.79 Å². The molecule has 116 valence electrons. The molecule has 3 N–H and O–H groups in total. The van der Waals surface area contributed by atoms with Gasteiger partial charge in [0.05, 0.1) is 6.21 Å². The quantitative estimate of drug-likeness (QED) is 0.491. The largest absolute Gasteiger partial charge is 0.508 e. The van der Waals surface area contributed by atoms with Gasteiger partial charge in [-0.1, -0.05) is 12.1 Å². The molecule has 1 aromatic heterocycles. The van der Waals surface area contributed by atoms with Gasteiger partial charge >= 0.3 is 0 Å². The second-order valence-corrected chi connectivity index (χ2v) is 4.76. The summed E-state index contributed by atoms with van der Waals surface area (Å²) in [6, 6.07) is 11.4. The van der Waals surface area contributed by atoms with Crippen molar-refractivity contribution in [3.8, 4) is 11.5 Å². The number of carbonyl (C=O) groups is 1. The monoisotopic (exact) mass is 311 g/mol. The van der Waals surface area contributed by atoms with Gasteiger partial charge < -0.3 is 10.2 Å². The van der Waals surface area contributed by atoms with Gasteiger partial charge in [0.2, 0.25) is 0 Å². The van der Waals surface area contributed by atoms with Crippen LogP contribution in [0.1, 0.15) is 5.56 Å². The number of aromatic hydroxyl groups is 2. The van der Waals surface area contributed by atoms with E-state index in [1.807, 2.05) is 24.3 Å². The lowest BCUT2D eigenvalue weighted by molar-refractivity contribution is -0.122. The Kier molecular flexibility index (Phi) is 3.88. The smallest absolute Gasteiger partial charge is 0.263 e. The molecule has 3 rings (SSSR count). The summed E-state index contributed by atoms with van der Waals surface area (Å²) in [4.78, 5) is 13.1. The van der Waals surface area contributed by atoms with Crippen LogP contribution in [0.25, 0.3) is 11.0 Å². The number of phenolic OH excluding ortho intramolecular Hbond substituents is 2. The Hall–Kier alpha value is -3.42. The van der Waals surface area contributed by atoms with Crippen LogP contribution in [0.2, 0.25) is 0 Å². The molecular formula is C15H13N5O3. The number of aromatic nitrogens is 3. The molecule has 0 atom stereocenters. The van der Waals surface area contributed by atoms with Crippen molar-refractivity contribution < 1.29 is 15.0 Å². The number of nitrogens with zero attached hydrogens (tertiary/aromatic N) is 4. The average Bonchev–Trinajstić information content (AvgIpc) is 2.91. The van der Waals surface area contributed by atoms with Crippen molar-refractivity contribution in [1.82, 2.24) is 20.4 Å². The summed E-state index contributed by atoms with van der Waals surface area (Å²) in [6.45, 7) is -0.0758. The van der Waals surface area contributed by atoms with E-state index >= 15 is 0 Å². The SMILES string of the molecule is O=C(Cn1nc2ccccc2n1)NN=Cc1ccc(O)cc1O. The van der Waals surface area contributed by atoms with E-state index in [-0.39, 0.29) is 18.0 Å². The molecule has 0 aliphatic carbocycles. The molecule has 0 saturated heterocycles. The molecule has 23 heavy (non-hydrogen) atoms. The first-order valence-electron chi connectivity index (χ1n) is 6.75. The van der Waals surface area contributed by atoms with Gasteiger partial charge in [0, 0.05) is 11.6 Å². The molecule has 0 spiro atoms. The number of benzene rings is 2. The summed E-state index contributed by atoms with van der Waals surface area (Å²) >= 11 is 0. The van der Waals surface area contributed by atoms with Gasteiger partial charge in [-0.05, 0) is 24.3 Å². The van der Waals surface area contributed by atoms with Gasteiger partial charge in [-0.25, -0.2) is 5.43 Å². The Balaban J connectivity index is 1.61. The molecule has 1 amide bonds. The van der Waals surface area contributed by atoms with Crippen LogP contribution in [0.15, 0.2) is 47.6 Å². The lowest BCUT2D eigenvalue weighted by Gasteiger charge is -2.00. The first-order chi connectivity index (χ1) is 11.1. The van der Waals surface area contributed by atoms with Crippen LogP contribution in [-0.2, 0) is 11.3 Å². The van der Waals surface area contributed by atoms with Crippen LogP contribution >= 0.6 is 0 Å². The third-order valence-electron chi connectivity index (χ3n) is 3.02. The highest BCUT2D eigenvalue weighted by atomic mass is 16.3. The maximum absolute atomic E-state index is 11.8. The zero-order valence-corrected chi connectivity index (χ0v) is 11.9. The van der Waals surface area contributed by atoms with Gasteiger partial charge in [-0.15, -0.1) is 0 Å². The van der Waals surface area contributed by atoms with E-state index in [0.29, 0.717) is 16.6 Å². The van der Waals surface area contributed by atoms with Crippen LogP contribution in [0.3, 0.4) is 0 Å². The molecular weight excluding hydrogens is 298 g/mol. The van der Waals surface area contributed by atoms with E-state index in [1.54, 1.807) is 0 Å². The Morgan fingerprint density at radius 2 is 1.87 bits per heavy atom. The molecule has 0 saturated carbocycles. The number of hydrogen-bond donors (Lipinski definition) is 3. The zero-order chi connectivity index (χ0) is 16.2. The van der Waals surface area contributed by atoms with Crippen LogP contribution in [0.5, 0.6) is 11.5 Å². The lowest BCUT2D eigenvalue weighted by Crippen LogP contribution is -2.24. The summed E-state index contributed by atoms with van der Waals surface area (Å²) in [5.74, 6) is -0.594. The summed E-state index contributed by atoms with van der Waals surface area (Å²) in [5.41, 5.74) is 4.10. The molecule has 0 aliphatic heterocycles. The minimum absolute atomic E-state index is 0.0551. The first kappa shape index (κ1) is 14.5. The second kappa shape index (κ2) is 6.14. The van der Waals surface area contributed by atoms with E-state index in [4.69, 9.17) is 0 Å². The van der Waals surface area contributed by atoms with Crippen LogP contribution in [-0.4, -0.2) is 37.3 Å². The number of amides is 1. The summed E-state index contributed by atoms with van der Waals surface area (Å²) < 4.78 is 0. The van der Waals surface area contributed by atoms with Gasteiger partial charge in [0.15, 0.2) is 0 Å². The Morgan fingerprint density at radius 3 is 2.52 bits per heavy atom. The fraction of sp³-hybridized carbons (Fsp3) is 0.0667. The molecule has 8 nitrogen and oxygen atoms in total. The van der Waals surface area contributed by atoms with Crippen LogP contribution in [0.4, 0.5) is 0 Å². The molecule has 0 fully saturated rings. The molecule has 0 aliphatic rings. The molecule has 0 radical (unpaired) electrons. The predicted octanol–water partition coefficient (Wildman–Crippen LogP) is 0.993. The van der Waals surface area contributed by atoms with E-state index in [9.17, 15) is 15.0 Å². The standard InChI is InChI=1S/C15H13N5O3/c21-11-6-5-10(14(22)7-11)8-16-17-15(23)9-20-18-12-3-1-2-4-13(12)19-20/h1-8,21-22H,9H2,(H,17,23).